The minimum atomic E-state index is -0.0551. The molecule has 0 spiro atoms. The maximum absolute atomic E-state index is 12.9. The van der Waals surface area contributed by atoms with Crippen molar-refractivity contribution in [1.29, 1.82) is 0 Å². The van der Waals surface area contributed by atoms with Crippen molar-refractivity contribution in [2.24, 2.45) is 23.7 Å². The van der Waals surface area contributed by atoms with E-state index in [9.17, 15) is 4.79 Å². The standard InChI is InChI=1S/C36H54N2O2/c1-3-5-6-7-8-9-10-11-13-28-14-16-30(17-15-28)31-18-20-33(21-19-31)36(39)40-34-24-22-32(23-25-34)35-37-26-29(12-4-2)27-38-35/h22-28,30-31,33H,3-21H2,1-2H3. The van der Waals surface area contributed by atoms with Crippen molar-refractivity contribution in [2.45, 2.75) is 136 Å². The summed E-state index contributed by atoms with van der Waals surface area (Å²) in [4.78, 5) is 21.9. The molecule has 0 amide bonds. The van der Waals surface area contributed by atoms with Gasteiger partial charge in [0.15, 0.2) is 5.82 Å². The van der Waals surface area contributed by atoms with Crippen LogP contribution in [0.25, 0.3) is 11.4 Å². The van der Waals surface area contributed by atoms with Crippen LogP contribution in [0.15, 0.2) is 36.7 Å². The zero-order chi connectivity index (χ0) is 28.0. The van der Waals surface area contributed by atoms with Crippen molar-refractivity contribution in [3.8, 4) is 17.1 Å². The van der Waals surface area contributed by atoms with Gasteiger partial charge in [0, 0.05) is 18.0 Å². The topological polar surface area (TPSA) is 52.1 Å². The van der Waals surface area contributed by atoms with Gasteiger partial charge in [-0.1, -0.05) is 90.9 Å². The molecule has 1 aromatic heterocycles. The predicted molar refractivity (Wildman–Crippen MR) is 165 cm³/mol. The Labute approximate surface area is 244 Å². The molecule has 0 radical (unpaired) electrons. The smallest absolute Gasteiger partial charge is 0.314 e. The summed E-state index contributed by atoms with van der Waals surface area (Å²) < 4.78 is 5.79. The quantitative estimate of drug-likeness (QED) is 0.127. The van der Waals surface area contributed by atoms with Crippen LogP contribution in [-0.2, 0) is 11.2 Å². The number of aryl methyl sites for hydroxylation is 1. The monoisotopic (exact) mass is 546 g/mol. The molecule has 0 bridgehead atoms. The number of hydrogen-bond acceptors (Lipinski definition) is 4. The van der Waals surface area contributed by atoms with E-state index in [2.05, 4.69) is 23.8 Å². The number of aromatic nitrogens is 2. The van der Waals surface area contributed by atoms with Crippen LogP contribution in [0.2, 0.25) is 0 Å². The summed E-state index contributed by atoms with van der Waals surface area (Å²) in [5, 5.41) is 0. The normalized spacial score (nSPS) is 23.1. The molecule has 1 heterocycles. The Balaban J connectivity index is 1.11. The first-order valence-corrected chi connectivity index (χ1v) is 16.8. The fourth-order valence-electron chi connectivity index (χ4n) is 7.13. The predicted octanol–water partition coefficient (Wildman–Crippen LogP) is 10.1. The molecule has 40 heavy (non-hydrogen) atoms. The highest BCUT2D eigenvalue weighted by Crippen LogP contribution is 2.42. The minimum Gasteiger partial charge on any atom is -0.426 e. The second-order valence-electron chi connectivity index (χ2n) is 12.8. The Bertz CT molecular complexity index is 971. The zero-order valence-corrected chi connectivity index (χ0v) is 25.4. The van der Waals surface area contributed by atoms with Crippen molar-refractivity contribution in [3.63, 3.8) is 0 Å². The third-order valence-corrected chi connectivity index (χ3v) is 9.70. The highest BCUT2D eigenvalue weighted by atomic mass is 16.5. The molecule has 4 rings (SSSR count). The van der Waals surface area contributed by atoms with Crippen LogP contribution in [0.3, 0.4) is 0 Å². The minimum absolute atomic E-state index is 0.0451. The molecule has 2 aliphatic carbocycles. The Kier molecular flexibility index (Phi) is 13.0. The molecule has 2 aliphatic rings. The van der Waals surface area contributed by atoms with Crippen molar-refractivity contribution in [3.05, 3.63) is 42.2 Å². The summed E-state index contributed by atoms with van der Waals surface area (Å²) in [6, 6.07) is 7.63. The highest BCUT2D eigenvalue weighted by Gasteiger charge is 2.33. The lowest BCUT2D eigenvalue weighted by Crippen LogP contribution is -2.30. The summed E-state index contributed by atoms with van der Waals surface area (Å²) in [5.74, 6) is 3.99. The van der Waals surface area contributed by atoms with Gasteiger partial charge in [-0.2, -0.15) is 0 Å². The molecule has 4 heteroatoms. The second-order valence-corrected chi connectivity index (χ2v) is 12.8. The first kappa shape index (κ1) is 30.7. The largest absolute Gasteiger partial charge is 0.426 e. The molecule has 0 unspecified atom stereocenters. The number of hydrogen-bond donors (Lipinski definition) is 0. The van der Waals surface area contributed by atoms with E-state index < -0.39 is 0 Å². The fraction of sp³-hybridized carbons (Fsp3) is 0.694. The van der Waals surface area contributed by atoms with Crippen molar-refractivity contribution in [1.82, 2.24) is 9.97 Å². The van der Waals surface area contributed by atoms with Crippen molar-refractivity contribution in [2.75, 3.05) is 0 Å². The maximum Gasteiger partial charge on any atom is 0.314 e. The third kappa shape index (κ3) is 9.70. The van der Waals surface area contributed by atoms with Crippen LogP contribution < -0.4 is 4.74 Å². The Morgan fingerprint density at radius 2 is 1.30 bits per heavy atom. The molecule has 2 fully saturated rings. The van der Waals surface area contributed by atoms with Crippen LogP contribution >= 0.6 is 0 Å². The van der Waals surface area contributed by atoms with Gasteiger partial charge in [0.05, 0.1) is 5.92 Å². The first-order chi connectivity index (χ1) is 19.7. The van der Waals surface area contributed by atoms with E-state index in [1.54, 1.807) is 0 Å². The number of carbonyl (C=O) groups is 1. The van der Waals surface area contributed by atoms with Gasteiger partial charge in [-0.3, -0.25) is 4.79 Å². The van der Waals surface area contributed by atoms with E-state index >= 15 is 0 Å². The van der Waals surface area contributed by atoms with Crippen molar-refractivity contribution < 1.29 is 9.53 Å². The van der Waals surface area contributed by atoms with Crippen LogP contribution in [0.5, 0.6) is 5.75 Å². The zero-order valence-electron chi connectivity index (χ0n) is 25.4. The third-order valence-electron chi connectivity index (χ3n) is 9.70. The number of rotatable bonds is 15. The molecular formula is C36H54N2O2. The first-order valence-electron chi connectivity index (χ1n) is 16.8. The number of carbonyl (C=O) groups excluding carboxylic acids is 1. The lowest BCUT2D eigenvalue weighted by atomic mass is 9.68. The van der Waals surface area contributed by atoms with Crippen LogP contribution in [-0.4, -0.2) is 15.9 Å². The molecule has 0 atom stereocenters. The second kappa shape index (κ2) is 16.9. The van der Waals surface area contributed by atoms with Gasteiger partial charge < -0.3 is 4.74 Å². The fourth-order valence-corrected chi connectivity index (χ4v) is 7.13. The van der Waals surface area contributed by atoms with Gasteiger partial charge >= 0.3 is 5.97 Å². The average molecular weight is 547 g/mol. The molecule has 0 saturated heterocycles. The lowest BCUT2D eigenvalue weighted by Gasteiger charge is -2.37. The number of nitrogens with zero attached hydrogens (tertiary/aromatic N) is 2. The summed E-state index contributed by atoms with van der Waals surface area (Å²) in [6.07, 6.45) is 28.8. The van der Waals surface area contributed by atoms with Crippen molar-refractivity contribution >= 4 is 5.97 Å². The van der Waals surface area contributed by atoms with Gasteiger partial charge in [-0.05, 0) is 92.5 Å². The number of benzene rings is 1. The number of esters is 1. The molecular weight excluding hydrogens is 492 g/mol. The molecule has 2 saturated carbocycles. The molecule has 4 nitrogen and oxygen atoms in total. The number of unbranched alkanes of at least 4 members (excludes halogenated alkanes) is 7. The van der Waals surface area contributed by atoms with Gasteiger partial charge in [0.1, 0.15) is 5.75 Å². The van der Waals surface area contributed by atoms with E-state index in [1.165, 1.54) is 96.3 Å². The Hall–Kier alpha value is -2.23. The van der Waals surface area contributed by atoms with Crippen LogP contribution in [0.1, 0.15) is 135 Å². The maximum atomic E-state index is 12.9. The summed E-state index contributed by atoms with van der Waals surface area (Å²) in [7, 11) is 0. The molecule has 0 aliphatic heterocycles. The lowest BCUT2D eigenvalue weighted by molar-refractivity contribution is -0.140. The van der Waals surface area contributed by atoms with E-state index in [0.717, 1.165) is 54.6 Å². The van der Waals surface area contributed by atoms with Crippen LogP contribution in [0.4, 0.5) is 0 Å². The van der Waals surface area contributed by atoms with E-state index in [4.69, 9.17) is 4.74 Å². The van der Waals surface area contributed by atoms with E-state index in [-0.39, 0.29) is 11.9 Å². The van der Waals surface area contributed by atoms with Gasteiger partial charge in [0.2, 0.25) is 0 Å². The molecule has 1 aromatic carbocycles. The van der Waals surface area contributed by atoms with E-state index in [1.807, 2.05) is 36.7 Å². The summed E-state index contributed by atoms with van der Waals surface area (Å²) in [6.45, 7) is 4.45. The molecule has 220 valence electrons. The van der Waals surface area contributed by atoms with E-state index in [0.29, 0.717) is 11.6 Å². The molecule has 0 N–H and O–H groups in total. The van der Waals surface area contributed by atoms with Gasteiger partial charge in [0.25, 0.3) is 0 Å². The number of ether oxygens (including phenoxy) is 1. The Morgan fingerprint density at radius 1 is 0.725 bits per heavy atom. The average Bonchev–Trinajstić information content (AvgIpc) is 3.00. The SMILES string of the molecule is CCCCCCCCCCC1CCC(C2CCC(C(=O)Oc3ccc(-c4ncc(CCC)cn4)cc3)CC2)CC1. The van der Waals surface area contributed by atoms with Gasteiger partial charge in [-0.15, -0.1) is 0 Å². The highest BCUT2D eigenvalue weighted by molar-refractivity contribution is 5.75. The summed E-state index contributed by atoms with van der Waals surface area (Å²) >= 11 is 0. The van der Waals surface area contributed by atoms with Gasteiger partial charge in [-0.25, -0.2) is 9.97 Å². The summed E-state index contributed by atoms with van der Waals surface area (Å²) in [5.41, 5.74) is 2.10. The van der Waals surface area contributed by atoms with Crippen LogP contribution in [0, 0.1) is 23.7 Å². The molecule has 2 aromatic rings. The Morgan fingerprint density at radius 3 is 1.90 bits per heavy atom.